The standard InChI is InChI=1S/C34H38O5/c1-33-18-17-28-25(27(33)15-16-29(33)31(36)21-9-12-23(35)13-10-21)14-11-22-19-26(32(37)38-3)30(20-34(22,28)2)39-24-7-5-4-6-8-24/h4-13,19,25,27-30,35H,14-18,20H2,1-3H3/t25-,27-,28-,29+,30+,33-,34-/m0/s1. The Kier molecular flexibility index (Phi) is 6.44. The number of allylic oxidation sites excluding steroid dienone is 3. The number of carbonyl (C=O) groups excluding carboxylic acids is 2. The van der Waals surface area contributed by atoms with Gasteiger partial charge in [-0.15, -0.1) is 0 Å². The molecular weight excluding hydrogens is 488 g/mol. The van der Waals surface area contributed by atoms with Gasteiger partial charge in [-0.3, -0.25) is 4.79 Å². The molecule has 2 aromatic rings. The molecular formula is C34H38O5. The van der Waals surface area contributed by atoms with Gasteiger partial charge in [-0.05, 0) is 115 Å². The van der Waals surface area contributed by atoms with Crippen LogP contribution in [0, 0.1) is 34.5 Å². The van der Waals surface area contributed by atoms with Crippen molar-refractivity contribution < 1.29 is 24.2 Å². The molecule has 2 saturated carbocycles. The lowest BCUT2D eigenvalue weighted by molar-refractivity contribution is -0.137. The number of rotatable bonds is 5. The molecule has 39 heavy (non-hydrogen) atoms. The van der Waals surface area contributed by atoms with E-state index < -0.39 is 0 Å². The van der Waals surface area contributed by atoms with Crippen LogP contribution in [0.15, 0.2) is 77.9 Å². The molecule has 5 nitrogen and oxygen atoms in total. The zero-order valence-corrected chi connectivity index (χ0v) is 23.1. The van der Waals surface area contributed by atoms with Crippen LogP contribution in [0.5, 0.6) is 11.5 Å². The third-order valence-corrected chi connectivity index (χ3v) is 10.7. The van der Waals surface area contributed by atoms with Gasteiger partial charge in [-0.25, -0.2) is 4.79 Å². The normalized spacial score (nSPS) is 35.0. The molecule has 7 atom stereocenters. The summed E-state index contributed by atoms with van der Waals surface area (Å²) in [5.41, 5.74) is 2.38. The number of carbonyl (C=O) groups is 2. The van der Waals surface area contributed by atoms with E-state index in [1.165, 1.54) is 12.7 Å². The third-order valence-electron chi connectivity index (χ3n) is 10.7. The summed E-state index contributed by atoms with van der Waals surface area (Å²) in [4.78, 5) is 26.5. The number of methoxy groups -OCH3 is 1. The highest BCUT2D eigenvalue weighted by molar-refractivity contribution is 5.98. The highest BCUT2D eigenvalue weighted by Crippen LogP contribution is 2.66. The van der Waals surface area contributed by atoms with Crippen LogP contribution in [-0.4, -0.2) is 30.1 Å². The van der Waals surface area contributed by atoms with Crippen molar-refractivity contribution >= 4 is 11.8 Å². The summed E-state index contributed by atoms with van der Waals surface area (Å²) in [5, 5.41) is 9.70. The predicted molar refractivity (Wildman–Crippen MR) is 149 cm³/mol. The Morgan fingerprint density at radius 3 is 2.41 bits per heavy atom. The maximum absolute atomic E-state index is 13.7. The molecule has 4 aliphatic carbocycles. The summed E-state index contributed by atoms with van der Waals surface area (Å²) in [6.07, 6.45) is 9.80. The molecule has 0 saturated heterocycles. The number of hydrogen-bond donors (Lipinski definition) is 1. The van der Waals surface area contributed by atoms with Crippen LogP contribution in [0.4, 0.5) is 0 Å². The minimum atomic E-state index is -0.374. The van der Waals surface area contributed by atoms with E-state index in [-0.39, 0.29) is 40.4 Å². The molecule has 4 aliphatic rings. The van der Waals surface area contributed by atoms with E-state index in [0.29, 0.717) is 28.9 Å². The fourth-order valence-corrected chi connectivity index (χ4v) is 8.70. The molecule has 0 amide bonds. The van der Waals surface area contributed by atoms with Crippen LogP contribution in [0.1, 0.15) is 62.7 Å². The first kappa shape index (κ1) is 25.9. The van der Waals surface area contributed by atoms with Gasteiger partial charge in [0.05, 0.1) is 12.7 Å². The van der Waals surface area contributed by atoms with Gasteiger partial charge in [0.15, 0.2) is 5.78 Å². The van der Waals surface area contributed by atoms with Crippen molar-refractivity contribution in [1.82, 2.24) is 0 Å². The summed E-state index contributed by atoms with van der Waals surface area (Å²) in [6.45, 7) is 4.71. The van der Waals surface area contributed by atoms with Crippen molar-refractivity contribution in [3.05, 3.63) is 83.5 Å². The summed E-state index contributed by atoms with van der Waals surface area (Å²) in [7, 11) is 1.43. The Morgan fingerprint density at radius 2 is 1.69 bits per heavy atom. The number of Topliss-reactive ketones (excluding diaryl/α,β-unsaturated/α-hetero) is 1. The topological polar surface area (TPSA) is 72.8 Å². The number of ether oxygens (including phenoxy) is 2. The number of phenolic OH excluding ortho intramolecular Hbond substituents is 1. The molecule has 6 rings (SSSR count). The average Bonchev–Trinajstić information content (AvgIpc) is 3.30. The quantitative estimate of drug-likeness (QED) is 0.338. The van der Waals surface area contributed by atoms with Crippen molar-refractivity contribution in [1.29, 1.82) is 0 Å². The number of para-hydroxylation sites is 1. The predicted octanol–water partition coefficient (Wildman–Crippen LogP) is 6.92. The Morgan fingerprint density at radius 1 is 0.949 bits per heavy atom. The van der Waals surface area contributed by atoms with Crippen molar-refractivity contribution in [2.75, 3.05) is 7.11 Å². The van der Waals surface area contributed by atoms with Gasteiger partial charge in [0.1, 0.15) is 17.6 Å². The number of fused-ring (bicyclic) bond motifs is 5. The molecule has 0 bridgehead atoms. The molecule has 1 N–H and O–H groups in total. The van der Waals surface area contributed by atoms with E-state index in [1.807, 2.05) is 36.4 Å². The summed E-state index contributed by atoms with van der Waals surface area (Å²) in [5.74, 6) is 2.29. The van der Waals surface area contributed by atoms with E-state index in [0.717, 1.165) is 44.3 Å². The van der Waals surface area contributed by atoms with E-state index >= 15 is 0 Å². The first-order valence-electron chi connectivity index (χ1n) is 14.3. The van der Waals surface area contributed by atoms with Gasteiger partial charge in [-0.2, -0.15) is 0 Å². The number of hydrogen-bond acceptors (Lipinski definition) is 5. The fraction of sp³-hybridized carbons (Fsp3) is 0.471. The van der Waals surface area contributed by atoms with Crippen LogP contribution in [-0.2, 0) is 9.53 Å². The van der Waals surface area contributed by atoms with Crippen LogP contribution in [0.25, 0.3) is 0 Å². The van der Waals surface area contributed by atoms with E-state index in [1.54, 1.807) is 24.3 Å². The monoisotopic (exact) mass is 526 g/mol. The van der Waals surface area contributed by atoms with E-state index in [2.05, 4.69) is 19.9 Å². The van der Waals surface area contributed by atoms with Gasteiger partial charge in [0.25, 0.3) is 0 Å². The Labute approximate surface area is 230 Å². The molecule has 2 fully saturated rings. The third kappa shape index (κ3) is 4.21. The number of benzene rings is 2. The molecule has 0 heterocycles. The number of esters is 1. The average molecular weight is 527 g/mol. The lowest BCUT2D eigenvalue weighted by atomic mass is 9.47. The second-order valence-corrected chi connectivity index (χ2v) is 12.5. The second kappa shape index (κ2) is 9.69. The molecule has 204 valence electrons. The maximum Gasteiger partial charge on any atom is 0.337 e. The van der Waals surface area contributed by atoms with Crippen LogP contribution >= 0.6 is 0 Å². The van der Waals surface area contributed by atoms with Crippen molar-refractivity contribution in [2.45, 2.75) is 58.5 Å². The minimum Gasteiger partial charge on any atom is -0.508 e. The van der Waals surface area contributed by atoms with Gasteiger partial charge in [0.2, 0.25) is 0 Å². The largest absolute Gasteiger partial charge is 0.508 e. The van der Waals surface area contributed by atoms with E-state index in [9.17, 15) is 14.7 Å². The zero-order chi connectivity index (χ0) is 27.4. The molecule has 5 heteroatoms. The van der Waals surface area contributed by atoms with Crippen LogP contribution in [0.2, 0.25) is 0 Å². The molecule has 0 radical (unpaired) electrons. The first-order chi connectivity index (χ1) is 18.7. The van der Waals surface area contributed by atoms with Gasteiger partial charge < -0.3 is 14.6 Å². The Bertz CT molecular complexity index is 1330. The van der Waals surface area contributed by atoms with Gasteiger partial charge >= 0.3 is 5.97 Å². The molecule has 0 spiro atoms. The van der Waals surface area contributed by atoms with Gasteiger partial charge in [0, 0.05) is 11.5 Å². The van der Waals surface area contributed by atoms with Crippen molar-refractivity contribution in [3.8, 4) is 11.5 Å². The highest BCUT2D eigenvalue weighted by atomic mass is 16.5. The second-order valence-electron chi connectivity index (χ2n) is 12.5. The van der Waals surface area contributed by atoms with Crippen molar-refractivity contribution in [3.63, 3.8) is 0 Å². The first-order valence-corrected chi connectivity index (χ1v) is 14.3. The minimum absolute atomic E-state index is 0.0116. The number of ketones is 1. The van der Waals surface area contributed by atoms with Gasteiger partial charge in [-0.1, -0.05) is 38.1 Å². The Balaban J connectivity index is 1.30. The summed E-state index contributed by atoms with van der Waals surface area (Å²) >= 11 is 0. The van der Waals surface area contributed by atoms with Crippen LogP contribution in [0.3, 0.4) is 0 Å². The number of aromatic hydroxyl groups is 1. The Hall–Kier alpha value is -3.34. The molecule has 0 aliphatic heterocycles. The fourth-order valence-electron chi connectivity index (χ4n) is 8.70. The number of phenols is 1. The van der Waals surface area contributed by atoms with Crippen molar-refractivity contribution in [2.24, 2.45) is 34.5 Å². The smallest absolute Gasteiger partial charge is 0.337 e. The molecule has 2 aromatic carbocycles. The summed E-state index contributed by atoms with van der Waals surface area (Å²) < 4.78 is 11.6. The SMILES string of the molecule is COC(=O)C1=CC2=CC[C@H]3[C@@H]4CC[C@H](C(=O)c5ccc(O)cc5)[C@@]4(C)CC[C@@H]3[C@@]2(C)C[C@H]1Oc1ccccc1. The molecule has 0 unspecified atom stereocenters. The maximum atomic E-state index is 13.7. The molecule has 0 aromatic heterocycles. The lowest BCUT2D eigenvalue weighted by Gasteiger charge is -2.57. The highest BCUT2D eigenvalue weighted by Gasteiger charge is 2.60. The van der Waals surface area contributed by atoms with Crippen LogP contribution < -0.4 is 4.74 Å². The zero-order valence-electron chi connectivity index (χ0n) is 23.1. The lowest BCUT2D eigenvalue weighted by Crippen LogP contribution is -2.52. The summed E-state index contributed by atoms with van der Waals surface area (Å²) in [6, 6.07) is 16.5. The van der Waals surface area contributed by atoms with E-state index in [4.69, 9.17) is 9.47 Å².